The Hall–Kier alpha value is -2.51. The number of hydrogen-bond donors (Lipinski definition) is 1. The Labute approximate surface area is 193 Å². The van der Waals surface area contributed by atoms with Crippen molar-refractivity contribution in [2.45, 2.75) is 66.0 Å². The molecule has 6 nitrogen and oxygen atoms in total. The van der Waals surface area contributed by atoms with Crippen LogP contribution in [0, 0.1) is 13.8 Å². The van der Waals surface area contributed by atoms with Gasteiger partial charge in [0.15, 0.2) is 0 Å². The molecule has 1 aliphatic rings. The van der Waals surface area contributed by atoms with Gasteiger partial charge in [0.25, 0.3) is 5.56 Å². The molecule has 0 unspecified atom stereocenters. The molecule has 1 aromatic carbocycles. The Kier molecular flexibility index (Phi) is 7.06. The Bertz CT molecular complexity index is 1160. The topological polar surface area (TPSA) is 67.2 Å². The van der Waals surface area contributed by atoms with Crippen LogP contribution in [0.4, 0.5) is 5.69 Å². The summed E-state index contributed by atoms with van der Waals surface area (Å²) in [5.41, 5.74) is 2.87. The third-order valence-corrected chi connectivity index (χ3v) is 7.39. The lowest BCUT2D eigenvalue weighted by atomic mass is 10.1. The molecule has 32 heavy (non-hydrogen) atoms. The van der Waals surface area contributed by atoms with Gasteiger partial charge in [-0.2, -0.15) is 0 Å². The van der Waals surface area contributed by atoms with Crippen LogP contribution in [-0.4, -0.2) is 33.4 Å². The van der Waals surface area contributed by atoms with Crippen molar-refractivity contribution in [3.8, 4) is 0 Å². The van der Waals surface area contributed by atoms with E-state index in [1.165, 1.54) is 18.4 Å². The summed E-state index contributed by atoms with van der Waals surface area (Å²) in [4.78, 5) is 35.3. The zero-order valence-electron chi connectivity index (χ0n) is 19.2. The largest absolute Gasteiger partial charge is 0.325 e. The summed E-state index contributed by atoms with van der Waals surface area (Å²) in [7, 11) is 0. The summed E-state index contributed by atoms with van der Waals surface area (Å²) in [5.74, 6) is 0.470. The summed E-state index contributed by atoms with van der Waals surface area (Å²) >= 11 is 1.56. The minimum Gasteiger partial charge on any atom is -0.325 e. The Morgan fingerprint density at radius 2 is 1.88 bits per heavy atom. The maximum Gasteiger partial charge on any atom is 0.263 e. The van der Waals surface area contributed by atoms with Gasteiger partial charge in [-0.25, -0.2) is 4.98 Å². The van der Waals surface area contributed by atoms with E-state index in [2.05, 4.69) is 29.3 Å². The molecule has 2 aromatic heterocycles. The number of likely N-dealkylation sites (tertiary alicyclic amines) is 1. The van der Waals surface area contributed by atoms with Gasteiger partial charge in [-0.3, -0.25) is 19.1 Å². The van der Waals surface area contributed by atoms with Crippen LogP contribution < -0.4 is 10.9 Å². The molecule has 0 aliphatic carbocycles. The quantitative estimate of drug-likeness (QED) is 0.540. The molecule has 170 valence electrons. The molecule has 0 bridgehead atoms. The van der Waals surface area contributed by atoms with E-state index in [0.29, 0.717) is 17.8 Å². The average Bonchev–Trinajstić information content (AvgIpc) is 3.38. The fourth-order valence-corrected chi connectivity index (χ4v) is 5.31. The Balaban J connectivity index is 1.58. The zero-order valence-corrected chi connectivity index (χ0v) is 20.1. The average molecular weight is 453 g/mol. The van der Waals surface area contributed by atoms with Crippen LogP contribution in [0.15, 0.2) is 29.1 Å². The molecule has 1 fully saturated rings. The second kappa shape index (κ2) is 9.96. The highest BCUT2D eigenvalue weighted by atomic mass is 32.1. The summed E-state index contributed by atoms with van der Waals surface area (Å²) in [6.45, 7) is 8.74. The van der Waals surface area contributed by atoms with Crippen LogP contribution in [0.5, 0.6) is 0 Å². The van der Waals surface area contributed by atoms with E-state index in [1.54, 1.807) is 15.9 Å². The molecule has 4 rings (SSSR count). The van der Waals surface area contributed by atoms with Crippen molar-refractivity contribution >= 4 is 33.1 Å². The number of benzene rings is 1. The van der Waals surface area contributed by atoms with Crippen molar-refractivity contribution in [3.63, 3.8) is 0 Å². The number of carbonyl (C=O) groups is 1. The predicted molar refractivity (Wildman–Crippen MR) is 132 cm³/mol. The summed E-state index contributed by atoms with van der Waals surface area (Å²) in [6, 6.07) is 7.98. The maximum absolute atomic E-state index is 13.4. The van der Waals surface area contributed by atoms with Crippen molar-refractivity contribution in [2.24, 2.45) is 0 Å². The van der Waals surface area contributed by atoms with Crippen LogP contribution in [-0.2, 0) is 24.3 Å². The van der Waals surface area contributed by atoms with Gasteiger partial charge >= 0.3 is 0 Å². The van der Waals surface area contributed by atoms with Gasteiger partial charge < -0.3 is 5.32 Å². The van der Waals surface area contributed by atoms with Gasteiger partial charge in [-0.05, 0) is 75.9 Å². The van der Waals surface area contributed by atoms with Gasteiger partial charge in [-0.1, -0.05) is 25.5 Å². The number of nitrogens with one attached hydrogen (secondary N) is 1. The standard InChI is InChI=1S/C25H32N4O2S/c1-4-5-8-19-9-11-20(12-10-19)26-22(30)16-29-21(15-28-13-6-7-14-28)27-24-23(25(29)31)17(2)18(3)32-24/h9-12H,4-8,13-16H2,1-3H3,(H,26,30). The van der Waals surface area contributed by atoms with E-state index in [-0.39, 0.29) is 18.0 Å². The first-order valence-corrected chi connectivity index (χ1v) is 12.4. The molecule has 0 saturated carbocycles. The fourth-order valence-electron chi connectivity index (χ4n) is 4.27. The number of unbranched alkanes of at least 4 members (excludes halogenated alkanes) is 1. The third-order valence-electron chi connectivity index (χ3n) is 6.29. The number of aryl methyl sites for hydroxylation is 3. The van der Waals surface area contributed by atoms with Gasteiger partial charge in [0.2, 0.25) is 5.91 Å². The maximum atomic E-state index is 13.4. The first-order valence-electron chi connectivity index (χ1n) is 11.6. The smallest absolute Gasteiger partial charge is 0.263 e. The summed E-state index contributed by atoms with van der Waals surface area (Å²) < 4.78 is 1.57. The van der Waals surface area contributed by atoms with E-state index < -0.39 is 0 Å². The number of carbonyl (C=O) groups excluding carboxylic acids is 1. The van der Waals surface area contributed by atoms with Gasteiger partial charge in [-0.15, -0.1) is 11.3 Å². The van der Waals surface area contributed by atoms with Crippen LogP contribution in [0.1, 0.15) is 54.4 Å². The summed E-state index contributed by atoms with van der Waals surface area (Å²) in [6.07, 6.45) is 5.70. The van der Waals surface area contributed by atoms with Crippen LogP contribution in [0.2, 0.25) is 0 Å². The number of anilines is 1. The van der Waals surface area contributed by atoms with E-state index in [1.807, 2.05) is 26.0 Å². The molecule has 0 atom stereocenters. The number of amides is 1. The van der Waals surface area contributed by atoms with Crippen molar-refractivity contribution < 1.29 is 4.79 Å². The number of aromatic nitrogens is 2. The number of nitrogens with zero attached hydrogens (tertiary/aromatic N) is 3. The molecular formula is C25H32N4O2S. The van der Waals surface area contributed by atoms with Gasteiger partial charge in [0, 0.05) is 10.6 Å². The third kappa shape index (κ3) is 4.94. The lowest BCUT2D eigenvalue weighted by Gasteiger charge is -2.18. The highest BCUT2D eigenvalue weighted by molar-refractivity contribution is 7.18. The molecule has 0 spiro atoms. The molecule has 0 radical (unpaired) electrons. The number of fused-ring (bicyclic) bond motifs is 1. The normalized spacial score (nSPS) is 14.3. The van der Waals surface area contributed by atoms with Crippen LogP contribution >= 0.6 is 11.3 Å². The highest BCUT2D eigenvalue weighted by Crippen LogP contribution is 2.27. The van der Waals surface area contributed by atoms with Crippen molar-refractivity contribution in [2.75, 3.05) is 18.4 Å². The van der Waals surface area contributed by atoms with Crippen molar-refractivity contribution in [1.29, 1.82) is 0 Å². The first kappa shape index (κ1) is 22.7. The molecule has 1 N–H and O–H groups in total. The molecule has 1 amide bonds. The van der Waals surface area contributed by atoms with E-state index >= 15 is 0 Å². The Morgan fingerprint density at radius 1 is 1.16 bits per heavy atom. The molecule has 7 heteroatoms. The van der Waals surface area contributed by atoms with Gasteiger partial charge in [0.05, 0.1) is 11.9 Å². The highest BCUT2D eigenvalue weighted by Gasteiger charge is 2.21. The number of hydrogen-bond acceptors (Lipinski definition) is 5. The first-order chi connectivity index (χ1) is 15.5. The minimum absolute atomic E-state index is 0.0309. The van der Waals surface area contributed by atoms with E-state index in [0.717, 1.165) is 53.3 Å². The molecule has 3 heterocycles. The van der Waals surface area contributed by atoms with Crippen molar-refractivity contribution in [3.05, 3.63) is 56.4 Å². The molecule has 3 aromatic rings. The minimum atomic E-state index is -0.207. The molecule has 1 saturated heterocycles. The van der Waals surface area contributed by atoms with Gasteiger partial charge in [0.1, 0.15) is 17.2 Å². The summed E-state index contributed by atoms with van der Waals surface area (Å²) in [5, 5.41) is 3.60. The second-order valence-corrected chi connectivity index (χ2v) is 9.92. The molecule has 1 aliphatic heterocycles. The van der Waals surface area contributed by atoms with Crippen LogP contribution in [0.3, 0.4) is 0 Å². The second-order valence-electron chi connectivity index (χ2n) is 8.71. The SMILES string of the molecule is CCCCc1ccc(NC(=O)Cn2c(CN3CCCC3)nc3sc(C)c(C)c3c2=O)cc1. The lowest BCUT2D eigenvalue weighted by molar-refractivity contribution is -0.116. The number of rotatable bonds is 8. The van der Waals surface area contributed by atoms with E-state index in [4.69, 9.17) is 4.98 Å². The fraction of sp³-hybridized carbons (Fsp3) is 0.480. The number of thiophene rings is 1. The van der Waals surface area contributed by atoms with Crippen LogP contribution in [0.25, 0.3) is 10.2 Å². The zero-order chi connectivity index (χ0) is 22.7. The molecular weight excluding hydrogens is 420 g/mol. The lowest BCUT2D eigenvalue weighted by Crippen LogP contribution is -2.33. The predicted octanol–water partition coefficient (Wildman–Crippen LogP) is 4.65. The van der Waals surface area contributed by atoms with E-state index in [9.17, 15) is 9.59 Å². The monoisotopic (exact) mass is 452 g/mol. The van der Waals surface area contributed by atoms with Crippen molar-refractivity contribution in [1.82, 2.24) is 14.5 Å². The Morgan fingerprint density at radius 3 is 2.56 bits per heavy atom.